The normalized spacial score (nSPS) is 38.6. The topological polar surface area (TPSA) is 219 Å². The fourth-order valence-electron chi connectivity index (χ4n) is 3.65. The lowest BCUT2D eigenvalue weighted by Crippen LogP contribution is -2.64. The van der Waals surface area contributed by atoms with Gasteiger partial charge in [0.15, 0.2) is 12.6 Å². The van der Waals surface area contributed by atoms with Crippen LogP contribution in [0.1, 0.15) is 19.3 Å². The second-order valence-electron chi connectivity index (χ2n) is 8.39. The van der Waals surface area contributed by atoms with Gasteiger partial charge in [-0.1, -0.05) is 0 Å². The minimum atomic E-state index is -1.39. The Labute approximate surface area is 203 Å². The van der Waals surface area contributed by atoms with Crippen LogP contribution in [0.4, 0.5) is 0 Å². The molecule has 2 saturated heterocycles. The van der Waals surface area contributed by atoms with Gasteiger partial charge in [-0.2, -0.15) is 11.8 Å². The first-order chi connectivity index (χ1) is 16.2. The molecule has 0 spiro atoms. The Balaban J connectivity index is 1.79. The van der Waals surface area contributed by atoms with Crippen molar-refractivity contribution in [1.29, 1.82) is 0 Å². The molecule has 0 radical (unpaired) electrons. The molecule has 2 aliphatic rings. The highest BCUT2D eigenvalue weighted by atomic mass is 32.2. The van der Waals surface area contributed by atoms with Gasteiger partial charge in [0.2, 0.25) is 5.91 Å². The zero-order chi connectivity index (χ0) is 25.3. The van der Waals surface area contributed by atoms with Gasteiger partial charge in [-0.15, -0.1) is 0 Å². The summed E-state index contributed by atoms with van der Waals surface area (Å²) in [6.45, 7) is -0.251. The lowest BCUT2D eigenvalue weighted by molar-refractivity contribution is -0.299. The molecule has 2 fully saturated rings. The minimum Gasteiger partial charge on any atom is -0.394 e. The Morgan fingerprint density at radius 2 is 1.53 bits per heavy atom. The molecule has 0 saturated carbocycles. The molecule has 0 aromatic heterocycles. The fourth-order valence-corrected chi connectivity index (χ4v) is 4.08. The molecule has 0 aliphatic carbocycles. The quantitative estimate of drug-likeness (QED) is 0.111. The number of thioether (sulfide) groups is 1. The molecule has 13 nitrogen and oxygen atoms in total. The van der Waals surface area contributed by atoms with Crippen LogP contribution in [0.2, 0.25) is 0 Å². The predicted octanol–water partition coefficient (Wildman–Crippen LogP) is -3.79. The molecule has 0 bridgehead atoms. The highest BCUT2D eigenvalue weighted by Gasteiger charge is 2.46. The van der Waals surface area contributed by atoms with E-state index in [1.54, 1.807) is 11.8 Å². The maximum absolute atomic E-state index is 11.7. The summed E-state index contributed by atoms with van der Waals surface area (Å²) in [6, 6.07) is -2.13. The van der Waals surface area contributed by atoms with E-state index in [-0.39, 0.29) is 19.1 Å². The number of ether oxygens (including phenoxy) is 4. The molecule has 34 heavy (non-hydrogen) atoms. The third kappa shape index (κ3) is 8.21. The first kappa shape index (κ1) is 29.6. The number of aliphatic hydroxyl groups excluding tert-OH is 5. The van der Waals surface area contributed by atoms with Crippen LogP contribution >= 0.6 is 11.8 Å². The third-order valence-electron chi connectivity index (χ3n) is 5.78. The number of rotatable bonds is 13. The summed E-state index contributed by atoms with van der Waals surface area (Å²) in [4.78, 5) is 11.7. The SMILES string of the molecule is CSCCCC(=O)NCCCO[C@@H]1OC(CO[C@@H]2OC(CO)[C@@H](O)[C@H](O)C2N)[C@@H](O)[C@H](O)C1N. The van der Waals surface area contributed by atoms with Gasteiger partial charge in [0.1, 0.15) is 36.6 Å². The molecule has 1 amide bonds. The summed E-state index contributed by atoms with van der Waals surface area (Å²) >= 11 is 1.69. The number of nitrogens with two attached hydrogens (primary N) is 2. The first-order valence-corrected chi connectivity index (χ1v) is 12.7. The van der Waals surface area contributed by atoms with Crippen molar-refractivity contribution in [3.8, 4) is 0 Å². The van der Waals surface area contributed by atoms with Crippen molar-refractivity contribution in [1.82, 2.24) is 5.32 Å². The summed E-state index contributed by atoms with van der Waals surface area (Å²) in [7, 11) is 0. The summed E-state index contributed by atoms with van der Waals surface area (Å²) in [5.41, 5.74) is 11.8. The van der Waals surface area contributed by atoms with Crippen molar-refractivity contribution in [2.75, 3.05) is 38.4 Å². The van der Waals surface area contributed by atoms with Crippen LogP contribution in [0.25, 0.3) is 0 Å². The highest BCUT2D eigenvalue weighted by Crippen LogP contribution is 2.24. The number of nitrogens with one attached hydrogen (secondary N) is 1. The molecule has 2 aliphatic heterocycles. The Hall–Kier alpha value is -0.620. The number of hydrogen-bond donors (Lipinski definition) is 8. The van der Waals surface area contributed by atoms with Crippen LogP contribution in [0.5, 0.6) is 0 Å². The number of aliphatic hydroxyl groups is 5. The van der Waals surface area contributed by atoms with Crippen molar-refractivity contribution in [2.45, 2.75) is 80.5 Å². The van der Waals surface area contributed by atoms with Crippen LogP contribution in [0.15, 0.2) is 0 Å². The molecule has 0 aromatic carbocycles. The van der Waals surface area contributed by atoms with Gasteiger partial charge in [0.25, 0.3) is 0 Å². The van der Waals surface area contributed by atoms with Gasteiger partial charge in [-0.25, -0.2) is 0 Å². The minimum absolute atomic E-state index is 0.0281. The van der Waals surface area contributed by atoms with Crippen LogP contribution in [0, 0.1) is 0 Å². The number of carbonyl (C=O) groups is 1. The van der Waals surface area contributed by atoms with Gasteiger partial charge in [-0.05, 0) is 24.9 Å². The molecule has 14 heteroatoms. The molecule has 200 valence electrons. The average molecular weight is 514 g/mol. The van der Waals surface area contributed by atoms with Crippen molar-refractivity contribution in [2.24, 2.45) is 11.5 Å². The highest BCUT2D eigenvalue weighted by molar-refractivity contribution is 7.98. The average Bonchev–Trinajstić information content (AvgIpc) is 2.82. The second kappa shape index (κ2) is 14.8. The smallest absolute Gasteiger partial charge is 0.220 e. The van der Waals surface area contributed by atoms with E-state index in [0.717, 1.165) is 12.2 Å². The van der Waals surface area contributed by atoms with E-state index >= 15 is 0 Å². The van der Waals surface area contributed by atoms with Gasteiger partial charge in [0.05, 0.1) is 31.9 Å². The van der Waals surface area contributed by atoms with E-state index in [9.17, 15) is 30.3 Å². The van der Waals surface area contributed by atoms with Gasteiger partial charge >= 0.3 is 0 Å². The lowest BCUT2D eigenvalue weighted by atomic mass is 9.97. The van der Waals surface area contributed by atoms with E-state index in [2.05, 4.69) is 5.32 Å². The summed E-state index contributed by atoms with van der Waals surface area (Å²) in [6.07, 6.45) is -6.15. The molecular formula is C20H39N3O10S. The Morgan fingerprint density at radius 3 is 2.15 bits per heavy atom. The largest absolute Gasteiger partial charge is 0.394 e. The van der Waals surface area contributed by atoms with Crippen molar-refractivity contribution < 1.29 is 49.3 Å². The van der Waals surface area contributed by atoms with E-state index in [4.69, 9.17) is 30.4 Å². The van der Waals surface area contributed by atoms with E-state index in [1.807, 2.05) is 6.26 Å². The molecule has 10 N–H and O–H groups in total. The van der Waals surface area contributed by atoms with Gasteiger partial charge in [-0.3, -0.25) is 4.79 Å². The molecule has 2 rings (SSSR count). The van der Waals surface area contributed by atoms with Crippen molar-refractivity contribution in [3.63, 3.8) is 0 Å². The zero-order valence-electron chi connectivity index (χ0n) is 19.3. The van der Waals surface area contributed by atoms with Crippen LogP contribution in [-0.4, -0.2) is 131 Å². The second-order valence-corrected chi connectivity index (χ2v) is 9.38. The van der Waals surface area contributed by atoms with Gasteiger partial charge < -0.3 is 61.3 Å². The molecule has 4 unspecified atom stereocenters. The number of carbonyl (C=O) groups excluding carboxylic acids is 1. The summed E-state index contributed by atoms with van der Waals surface area (Å²) < 4.78 is 22.2. The van der Waals surface area contributed by atoms with E-state index in [1.165, 1.54) is 0 Å². The third-order valence-corrected chi connectivity index (χ3v) is 6.48. The van der Waals surface area contributed by atoms with E-state index in [0.29, 0.717) is 19.4 Å². The monoisotopic (exact) mass is 513 g/mol. The Bertz CT molecular complexity index is 607. The van der Waals surface area contributed by atoms with E-state index < -0.39 is 67.9 Å². The van der Waals surface area contributed by atoms with Gasteiger partial charge in [0, 0.05) is 13.0 Å². The maximum atomic E-state index is 11.7. The molecule has 2 heterocycles. The Morgan fingerprint density at radius 1 is 0.941 bits per heavy atom. The standard InChI is InChI=1S/C20H39N3O10S/c1-34-7-2-4-12(25)23-5-3-6-30-19-13(21)18(29)16(27)11(33-19)9-31-20-14(22)17(28)15(26)10(8-24)32-20/h10-11,13-20,24,26-29H,2-9,21-22H2,1H3,(H,23,25)/t10?,11?,13?,14?,15-,16-,17-,18-,19-,20-/m1/s1. The summed E-state index contributed by atoms with van der Waals surface area (Å²) in [5.74, 6) is 0.898. The molecular weight excluding hydrogens is 474 g/mol. The summed E-state index contributed by atoms with van der Waals surface area (Å²) in [5, 5.41) is 52.6. The molecule has 0 aromatic rings. The number of amides is 1. The van der Waals surface area contributed by atoms with Crippen molar-refractivity contribution >= 4 is 17.7 Å². The zero-order valence-corrected chi connectivity index (χ0v) is 20.1. The fraction of sp³-hybridized carbons (Fsp3) is 0.950. The molecule has 10 atom stereocenters. The lowest BCUT2D eigenvalue weighted by Gasteiger charge is -2.43. The maximum Gasteiger partial charge on any atom is 0.220 e. The number of hydrogen-bond acceptors (Lipinski definition) is 13. The van der Waals surface area contributed by atoms with Crippen LogP contribution in [-0.2, 0) is 23.7 Å². The van der Waals surface area contributed by atoms with Crippen molar-refractivity contribution in [3.05, 3.63) is 0 Å². The Kier molecular flexibility index (Phi) is 12.9. The van der Waals surface area contributed by atoms with Crippen LogP contribution in [0.3, 0.4) is 0 Å². The first-order valence-electron chi connectivity index (χ1n) is 11.3. The predicted molar refractivity (Wildman–Crippen MR) is 122 cm³/mol. The van der Waals surface area contributed by atoms with Crippen LogP contribution < -0.4 is 16.8 Å².